The van der Waals surface area contributed by atoms with Gasteiger partial charge in [-0.25, -0.2) is 0 Å². The minimum atomic E-state index is -0.122. The number of aliphatic hydroxyl groups excluding tert-OH is 1. The van der Waals surface area contributed by atoms with E-state index in [2.05, 4.69) is 17.9 Å². The normalized spacial score (nSPS) is 9.86. The molecule has 0 bridgehead atoms. The van der Waals surface area contributed by atoms with Crippen LogP contribution in [0.4, 0.5) is 5.69 Å². The molecule has 1 amide bonds. The van der Waals surface area contributed by atoms with Gasteiger partial charge in [-0.1, -0.05) is 12.1 Å². The molecule has 1 aromatic rings. The van der Waals surface area contributed by atoms with Gasteiger partial charge in [-0.2, -0.15) is 12.6 Å². The summed E-state index contributed by atoms with van der Waals surface area (Å²) < 4.78 is 0. The molecule has 3 nitrogen and oxygen atoms in total. The van der Waals surface area contributed by atoms with E-state index < -0.39 is 0 Å². The van der Waals surface area contributed by atoms with Crippen LogP contribution in [-0.4, -0.2) is 23.4 Å². The number of amides is 1. The molecule has 0 atom stereocenters. The molecule has 1 rings (SSSR count). The molecule has 0 unspecified atom stereocenters. The van der Waals surface area contributed by atoms with Crippen LogP contribution in [0.15, 0.2) is 24.3 Å². The number of hydrogen-bond acceptors (Lipinski definition) is 3. The zero-order valence-electron chi connectivity index (χ0n) is 7.73. The van der Waals surface area contributed by atoms with Crippen molar-refractivity contribution in [3.8, 4) is 0 Å². The highest BCUT2D eigenvalue weighted by Gasteiger charge is 1.98. The van der Waals surface area contributed by atoms with Gasteiger partial charge in [0, 0.05) is 12.3 Å². The Morgan fingerprint density at radius 2 is 2.00 bits per heavy atom. The van der Waals surface area contributed by atoms with Crippen molar-refractivity contribution in [2.45, 2.75) is 6.42 Å². The number of aliphatic hydroxyl groups is 1. The molecule has 14 heavy (non-hydrogen) atoms. The van der Waals surface area contributed by atoms with Gasteiger partial charge < -0.3 is 10.4 Å². The van der Waals surface area contributed by atoms with Crippen molar-refractivity contribution in [1.82, 2.24) is 0 Å². The molecule has 76 valence electrons. The van der Waals surface area contributed by atoms with Crippen LogP contribution in [0.5, 0.6) is 0 Å². The van der Waals surface area contributed by atoms with Crippen molar-refractivity contribution in [2.75, 3.05) is 17.7 Å². The molecule has 0 saturated heterocycles. The summed E-state index contributed by atoms with van der Waals surface area (Å²) in [4.78, 5) is 11.0. The van der Waals surface area contributed by atoms with Crippen LogP contribution < -0.4 is 5.32 Å². The molecule has 0 radical (unpaired) electrons. The Balaban J connectivity index is 2.59. The summed E-state index contributed by atoms with van der Waals surface area (Å²) >= 11 is 3.85. The summed E-state index contributed by atoms with van der Waals surface area (Å²) in [6, 6.07) is 7.38. The molecule has 1 aromatic carbocycles. The van der Waals surface area contributed by atoms with Gasteiger partial charge in [0.05, 0.1) is 5.75 Å². The van der Waals surface area contributed by atoms with Crippen molar-refractivity contribution in [2.24, 2.45) is 0 Å². The lowest BCUT2D eigenvalue weighted by Gasteiger charge is -2.04. The SMILES string of the molecule is O=C(CS)Nc1ccc(CCO)cc1. The van der Waals surface area contributed by atoms with E-state index in [9.17, 15) is 4.79 Å². The maximum absolute atomic E-state index is 11.0. The van der Waals surface area contributed by atoms with Crippen LogP contribution in [0.25, 0.3) is 0 Å². The van der Waals surface area contributed by atoms with E-state index in [4.69, 9.17) is 5.11 Å². The number of hydrogen-bond donors (Lipinski definition) is 3. The van der Waals surface area contributed by atoms with Gasteiger partial charge in [0.1, 0.15) is 0 Å². The lowest BCUT2D eigenvalue weighted by molar-refractivity contribution is -0.113. The Bertz CT molecular complexity index is 297. The molecular formula is C10H13NO2S. The third-order valence-corrected chi connectivity index (χ3v) is 2.07. The largest absolute Gasteiger partial charge is 0.396 e. The average Bonchev–Trinajstić information content (AvgIpc) is 2.21. The van der Waals surface area contributed by atoms with Crippen molar-refractivity contribution in [1.29, 1.82) is 0 Å². The van der Waals surface area contributed by atoms with E-state index >= 15 is 0 Å². The molecule has 0 aliphatic heterocycles. The highest BCUT2D eigenvalue weighted by molar-refractivity contribution is 7.81. The number of carbonyl (C=O) groups excluding carboxylic acids is 1. The number of carbonyl (C=O) groups is 1. The first-order chi connectivity index (χ1) is 6.76. The van der Waals surface area contributed by atoms with E-state index in [0.29, 0.717) is 6.42 Å². The van der Waals surface area contributed by atoms with E-state index in [1.165, 1.54) is 0 Å². The molecule has 0 spiro atoms. The smallest absolute Gasteiger partial charge is 0.234 e. The first-order valence-electron chi connectivity index (χ1n) is 4.37. The van der Waals surface area contributed by atoms with Crippen LogP contribution in [0.2, 0.25) is 0 Å². The van der Waals surface area contributed by atoms with Crippen molar-refractivity contribution in [3.05, 3.63) is 29.8 Å². The summed E-state index contributed by atoms with van der Waals surface area (Å²) in [5, 5.41) is 11.4. The molecule has 4 heteroatoms. The Morgan fingerprint density at radius 3 is 2.50 bits per heavy atom. The maximum Gasteiger partial charge on any atom is 0.234 e. The van der Waals surface area contributed by atoms with E-state index in [1.807, 2.05) is 24.3 Å². The number of thiol groups is 1. The fourth-order valence-electron chi connectivity index (χ4n) is 1.08. The first kappa shape index (κ1) is 11.1. The second kappa shape index (κ2) is 5.67. The van der Waals surface area contributed by atoms with E-state index in [1.54, 1.807) is 0 Å². The number of rotatable bonds is 4. The fourth-order valence-corrected chi connectivity index (χ4v) is 1.16. The minimum absolute atomic E-state index is 0.122. The third kappa shape index (κ3) is 3.40. The van der Waals surface area contributed by atoms with Crippen molar-refractivity contribution in [3.63, 3.8) is 0 Å². The molecule has 0 fully saturated rings. The maximum atomic E-state index is 11.0. The average molecular weight is 211 g/mol. The van der Waals surface area contributed by atoms with Crippen LogP contribution in [0.1, 0.15) is 5.56 Å². The zero-order chi connectivity index (χ0) is 10.4. The van der Waals surface area contributed by atoms with Gasteiger partial charge in [-0.3, -0.25) is 4.79 Å². The van der Waals surface area contributed by atoms with Gasteiger partial charge in [-0.05, 0) is 24.1 Å². The van der Waals surface area contributed by atoms with Crippen LogP contribution in [0.3, 0.4) is 0 Å². The first-order valence-corrected chi connectivity index (χ1v) is 5.00. The van der Waals surface area contributed by atoms with Gasteiger partial charge in [0.25, 0.3) is 0 Å². The lowest BCUT2D eigenvalue weighted by Crippen LogP contribution is -2.12. The van der Waals surface area contributed by atoms with Gasteiger partial charge in [0.2, 0.25) is 5.91 Å². The Labute approximate surface area is 88.6 Å². The molecule has 0 aliphatic rings. The topological polar surface area (TPSA) is 49.3 Å². The fraction of sp³-hybridized carbons (Fsp3) is 0.300. The van der Waals surface area contributed by atoms with Crippen molar-refractivity contribution < 1.29 is 9.90 Å². The Kier molecular flexibility index (Phi) is 4.49. The molecule has 0 heterocycles. The van der Waals surface area contributed by atoms with E-state index in [-0.39, 0.29) is 18.3 Å². The number of anilines is 1. The van der Waals surface area contributed by atoms with Gasteiger partial charge in [-0.15, -0.1) is 0 Å². The highest BCUT2D eigenvalue weighted by atomic mass is 32.1. The van der Waals surface area contributed by atoms with Crippen LogP contribution in [0, 0.1) is 0 Å². The molecule has 0 aromatic heterocycles. The Hall–Kier alpha value is -1.00. The van der Waals surface area contributed by atoms with Crippen LogP contribution in [-0.2, 0) is 11.2 Å². The molecule has 0 aliphatic carbocycles. The third-order valence-electron chi connectivity index (χ3n) is 1.78. The predicted molar refractivity (Wildman–Crippen MR) is 59.7 cm³/mol. The molecule has 0 saturated carbocycles. The summed E-state index contributed by atoms with van der Waals surface area (Å²) in [5.74, 6) is 0.0570. The lowest BCUT2D eigenvalue weighted by atomic mass is 10.1. The van der Waals surface area contributed by atoms with Crippen molar-refractivity contribution >= 4 is 24.2 Å². The monoisotopic (exact) mass is 211 g/mol. The predicted octanol–water partition coefficient (Wildman–Crippen LogP) is 1.09. The Morgan fingerprint density at radius 1 is 1.36 bits per heavy atom. The summed E-state index contributed by atoms with van der Waals surface area (Å²) in [5.41, 5.74) is 1.81. The summed E-state index contributed by atoms with van der Waals surface area (Å²) in [6.45, 7) is 0.141. The van der Waals surface area contributed by atoms with Gasteiger partial charge in [0.15, 0.2) is 0 Å². The van der Waals surface area contributed by atoms with E-state index in [0.717, 1.165) is 11.3 Å². The zero-order valence-corrected chi connectivity index (χ0v) is 8.63. The minimum Gasteiger partial charge on any atom is -0.396 e. The van der Waals surface area contributed by atoms with Crippen LogP contribution >= 0.6 is 12.6 Å². The molecule has 2 N–H and O–H groups in total. The molecular weight excluding hydrogens is 198 g/mol. The van der Waals surface area contributed by atoms with Gasteiger partial charge >= 0.3 is 0 Å². The quantitative estimate of drug-likeness (QED) is 0.653. The second-order valence-electron chi connectivity index (χ2n) is 2.88. The summed E-state index contributed by atoms with van der Waals surface area (Å²) in [7, 11) is 0. The number of benzene rings is 1. The number of nitrogens with one attached hydrogen (secondary N) is 1. The highest BCUT2D eigenvalue weighted by Crippen LogP contribution is 2.09. The second-order valence-corrected chi connectivity index (χ2v) is 3.19. The standard InChI is InChI=1S/C10H13NO2S/c12-6-5-8-1-3-9(4-2-8)11-10(13)7-14/h1-4,12,14H,5-7H2,(H,11,13). The summed E-state index contributed by atoms with van der Waals surface area (Å²) in [6.07, 6.45) is 0.640.